The average molecular weight is 255 g/mol. The maximum absolute atomic E-state index is 10.6. The SMILES string of the molecule is C=C1C[C@H](CCCOC(C)=O)O[C@H]1CCN(C)C. The Balaban J connectivity index is 2.18. The highest BCUT2D eigenvalue weighted by molar-refractivity contribution is 5.65. The van der Waals surface area contributed by atoms with Gasteiger partial charge in [-0.2, -0.15) is 0 Å². The third kappa shape index (κ3) is 5.65. The first kappa shape index (κ1) is 15.2. The molecule has 0 aliphatic carbocycles. The van der Waals surface area contributed by atoms with Gasteiger partial charge in [-0.3, -0.25) is 4.79 Å². The van der Waals surface area contributed by atoms with Gasteiger partial charge < -0.3 is 14.4 Å². The van der Waals surface area contributed by atoms with Crippen molar-refractivity contribution >= 4 is 5.97 Å². The minimum Gasteiger partial charge on any atom is -0.466 e. The van der Waals surface area contributed by atoms with Gasteiger partial charge in [0.15, 0.2) is 0 Å². The Morgan fingerprint density at radius 2 is 2.22 bits per heavy atom. The average Bonchev–Trinajstić information content (AvgIpc) is 2.62. The zero-order chi connectivity index (χ0) is 13.5. The second kappa shape index (κ2) is 7.54. The van der Waals surface area contributed by atoms with Gasteiger partial charge in [-0.15, -0.1) is 0 Å². The Morgan fingerprint density at radius 1 is 1.50 bits per heavy atom. The lowest BCUT2D eigenvalue weighted by molar-refractivity contribution is -0.141. The van der Waals surface area contributed by atoms with Crippen LogP contribution < -0.4 is 0 Å². The van der Waals surface area contributed by atoms with E-state index in [0.717, 1.165) is 32.2 Å². The molecule has 0 spiro atoms. The smallest absolute Gasteiger partial charge is 0.302 e. The summed E-state index contributed by atoms with van der Waals surface area (Å²) in [6, 6.07) is 0. The summed E-state index contributed by atoms with van der Waals surface area (Å²) < 4.78 is 10.9. The van der Waals surface area contributed by atoms with E-state index in [9.17, 15) is 4.79 Å². The third-order valence-corrected chi connectivity index (χ3v) is 3.12. The van der Waals surface area contributed by atoms with Crippen molar-refractivity contribution in [2.75, 3.05) is 27.2 Å². The molecule has 0 radical (unpaired) electrons. The van der Waals surface area contributed by atoms with Gasteiger partial charge in [0.25, 0.3) is 0 Å². The molecule has 0 aromatic carbocycles. The first-order valence-electron chi connectivity index (χ1n) is 6.60. The highest BCUT2D eigenvalue weighted by atomic mass is 16.5. The summed E-state index contributed by atoms with van der Waals surface area (Å²) in [5.74, 6) is -0.212. The molecule has 0 aromatic heterocycles. The summed E-state index contributed by atoms with van der Waals surface area (Å²) in [6.07, 6.45) is 4.19. The quantitative estimate of drug-likeness (QED) is 0.396. The van der Waals surface area contributed by atoms with E-state index in [1.165, 1.54) is 12.5 Å². The van der Waals surface area contributed by atoms with Crippen molar-refractivity contribution in [2.45, 2.75) is 44.8 Å². The molecule has 1 fully saturated rings. The zero-order valence-corrected chi connectivity index (χ0v) is 11.8. The van der Waals surface area contributed by atoms with E-state index in [-0.39, 0.29) is 18.2 Å². The van der Waals surface area contributed by atoms with Gasteiger partial charge in [0.2, 0.25) is 0 Å². The minimum atomic E-state index is -0.212. The summed E-state index contributed by atoms with van der Waals surface area (Å²) in [7, 11) is 4.13. The maximum Gasteiger partial charge on any atom is 0.302 e. The monoisotopic (exact) mass is 255 g/mol. The van der Waals surface area contributed by atoms with Crippen molar-refractivity contribution in [1.29, 1.82) is 0 Å². The molecule has 0 unspecified atom stereocenters. The van der Waals surface area contributed by atoms with E-state index in [4.69, 9.17) is 9.47 Å². The molecule has 1 aliphatic heterocycles. The molecule has 0 bridgehead atoms. The summed E-state index contributed by atoms with van der Waals surface area (Å²) in [6.45, 7) is 7.03. The van der Waals surface area contributed by atoms with E-state index in [2.05, 4.69) is 25.6 Å². The molecule has 1 saturated heterocycles. The zero-order valence-electron chi connectivity index (χ0n) is 11.8. The van der Waals surface area contributed by atoms with Crippen molar-refractivity contribution in [3.05, 3.63) is 12.2 Å². The van der Waals surface area contributed by atoms with Crippen molar-refractivity contribution < 1.29 is 14.3 Å². The molecule has 104 valence electrons. The molecule has 0 aromatic rings. The molecular weight excluding hydrogens is 230 g/mol. The highest BCUT2D eigenvalue weighted by Crippen LogP contribution is 2.29. The maximum atomic E-state index is 10.6. The number of esters is 1. The summed E-state index contributed by atoms with van der Waals surface area (Å²) in [5, 5.41) is 0. The molecule has 18 heavy (non-hydrogen) atoms. The Hall–Kier alpha value is -0.870. The number of nitrogens with zero attached hydrogens (tertiary/aromatic N) is 1. The molecule has 1 heterocycles. The molecule has 0 amide bonds. The third-order valence-electron chi connectivity index (χ3n) is 3.12. The highest BCUT2D eigenvalue weighted by Gasteiger charge is 2.27. The normalized spacial score (nSPS) is 23.7. The van der Waals surface area contributed by atoms with Crippen molar-refractivity contribution in [3.8, 4) is 0 Å². The topological polar surface area (TPSA) is 38.8 Å². The van der Waals surface area contributed by atoms with Gasteiger partial charge in [0.05, 0.1) is 18.8 Å². The lowest BCUT2D eigenvalue weighted by Gasteiger charge is -2.16. The molecule has 2 atom stereocenters. The first-order chi connectivity index (χ1) is 8.49. The Labute approximate surface area is 110 Å². The van der Waals surface area contributed by atoms with Crippen LogP contribution in [0.1, 0.15) is 32.6 Å². The van der Waals surface area contributed by atoms with Crippen molar-refractivity contribution in [2.24, 2.45) is 0 Å². The fourth-order valence-corrected chi connectivity index (χ4v) is 2.15. The molecule has 0 N–H and O–H groups in total. The van der Waals surface area contributed by atoms with E-state index in [1.54, 1.807) is 0 Å². The molecule has 1 aliphatic rings. The van der Waals surface area contributed by atoms with Crippen LogP contribution in [0.4, 0.5) is 0 Å². The fraction of sp³-hybridized carbons (Fsp3) is 0.786. The van der Waals surface area contributed by atoms with Crippen LogP contribution in [-0.4, -0.2) is 50.3 Å². The molecule has 4 nitrogen and oxygen atoms in total. The van der Waals surface area contributed by atoms with Crippen LogP contribution in [-0.2, 0) is 14.3 Å². The number of carbonyl (C=O) groups excluding carboxylic acids is 1. The number of carbonyl (C=O) groups is 1. The van der Waals surface area contributed by atoms with Crippen LogP contribution in [0, 0.1) is 0 Å². The van der Waals surface area contributed by atoms with E-state index >= 15 is 0 Å². The largest absolute Gasteiger partial charge is 0.466 e. The number of rotatable bonds is 7. The second-order valence-corrected chi connectivity index (χ2v) is 5.18. The summed E-state index contributed by atoms with van der Waals surface area (Å²) >= 11 is 0. The van der Waals surface area contributed by atoms with Gasteiger partial charge in [0.1, 0.15) is 0 Å². The summed E-state index contributed by atoms with van der Waals surface area (Å²) in [4.78, 5) is 12.8. The van der Waals surface area contributed by atoms with Gasteiger partial charge >= 0.3 is 5.97 Å². The van der Waals surface area contributed by atoms with Gasteiger partial charge in [-0.05, 0) is 45.4 Å². The standard InChI is InChI=1S/C14H25NO3/c1-11-10-13(6-5-9-17-12(2)16)18-14(11)7-8-15(3)4/h13-14H,1,5-10H2,2-4H3/t13-,14-/m0/s1. The van der Waals surface area contributed by atoms with Crippen LogP contribution in [0.15, 0.2) is 12.2 Å². The first-order valence-corrected chi connectivity index (χ1v) is 6.60. The van der Waals surface area contributed by atoms with Crippen LogP contribution in [0.5, 0.6) is 0 Å². The Kier molecular flexibility index (Phi) is 6.36. The molecule has 0 saturated carbocycles. The van der Waals surface area contributed by atoms with E-state index in [1.807, 2.05) is 0 Å². The Bertz CT molecular complexity index is 289. The molecular formula is C14H25NO3. The lowest BCUT2D eigenvalue weighted by atomic mass is 10.0. The number of hydrogen-bond donors (Lipinski definition) is 0. The fourth-order valence-electron chi connectivity index (χ4n) is 2.15. The predicted octanol–water partition coefficient (Wildman–Crippen LogP) is 2.00. The van der Waals surface area contributed by atoms with Crippen LogP contribution in [0.2, 0.25) is 0 Å². The van der Waals surface area contributed by atoms with Gasteiger partial charge in [-0.25, -0.2) is 0 Å². The van der Waals surface area contributed by atoms with E-state index < -0.39 is 0 Å². The van der Waals surface area contributed by atoms with Gasteiger partial charge in [0, 0.05) is 13.5 Å². The molecule has 1 rings (SSSR count). The van der Waals surface area contributed by atoms with Crippen molar-refractivity contribution in [3.63, 3.8) is 0 Å². The Morgan fingerprint density at radius 3 is 2.83 bits per heavy atom. The second-order valence-electron chi connectivity index (χ2n) is 5.18. The number of hydrogen-bond acceptors (Lipinski definition) is 4. The molecule has 4 heteroatoms. The minimum absolute atomic E-state index is 0.200. The van der Waals surface area contributed by atoms with Crippen LogP contribution in [0.25, 0.3) is 0 Å². The summed E-state index contributed by atoms with van der Waals surface area (Å²) in [5.41, 5.74) is 1.20. The van der Waals surface area contributed by atoms with Crippen molar-refractivity contribution in [1.82, 2.24) is 4.90 Å². The predicted molar refractivity (Wildman–Crippen MR) is 71.5 cm³/mol. The van der Waals surface area contributed by atoms with Gasteiger partial charge in [-0.1, -0.05) is 6.58 Å². The lowest BCUT2D eigenvalue weighted by Crippen LogP contribution is -2.20. The van der Waals surface area contributed by atoms with E-state index in [0.29, 0.717) is 6.61 Å². The van der Waals surface area contributed by atoms with Crippen LogP contribution in [0.3, 0.4) is 0 Å². The van der Waals surface area contributed by atoms with Crippen LogP contribution >= 0.6 is 0 Å². The number of ether oxygens (including phenoxy) is 2.